The minimum atomic E-state index is -6.84. The molecule has 1 unspecified atom stereocenters. The summed E-state index contributed by atoms with van der Waals surface area (Å²) in [6.07, 6.45) is -12.8. The number of hydrogen-bond acceptors (Lipinski definition) is 1. The Balaban J connectivity index is 6.13. The molecule has 0 aliphatic rings. The molecular formula is C8H9F10N. The highest BCUT2D eigenvalue weighted by molar-refractivity contribution is 5.10. The quantitative estimate of drug-likeness (QED) is 0.719. The van der Waals surface area contributed by atoms with Crippen molar-refractivity contribution in [3.63, 3.8) is 0 Å². The van der Waals surface area contributed by atoms with Gasteiger partial charge in [-0.25, -0.2) is 0 Å². The maximum absolute atomic E-state index is 13.3. The Morgan fingerprint density at radius 2 is 0.895 bits per heavy atom. The van der Waals surface area contributed by atoms with Crippen LogP contribution in [0.2, 0.25) is 0 Å². The molecule has 0 spiro atoms. The first-order valence-electron chi connectivity index (χ1n) is 4.51. The molecule has 0 rings (SSSR count). The molecule has 0 radical (unpaired) electrons. The maximum Gasteiger partial charge on any atom is 0.459 e. The normalized spacial score (nSPS) is 18.6. The lowest BCUT2D eigenvalue weighted by Gasteiger charge is -2.46. The molecule has 1 atom stereocenters. The first-order chi connectivity index (χ1) is 7.94. The summed E-state index contributed by atoms with van der Waals surface area (Å²) >= 11 is 0. The zero-order valence-corrected chi connectivity index (χ0v) is 9.73. The second kappa shape index (κ2) is 4.38. The lowest BCUT2D eigenvalue weighted by atomic mass is 9.86. The van der Waals surface area contributed by atoms with E-state index in [-0.39, 0.29) is 0 Å². The van der Waals surface area contributed by atoms with Gasteiger partial charge in [-0.3, -0.25) is 4.90 Å². The highest BCUT2D eigenvalue weighted by Gasteiger charge is 2.84. The third kappa shape index (κ3) is 2.36. The Morgan fingerprint density at radius 1 is 0.579 bits per heavy atom. The molecule has 0 amide bonds. The van der Waals surface area contributed by atoms with Gasteiger partial charge in [-0.1, -0.05) is 0 Å². The fourth-order valence-corrected chi connectivity index (χ4v) is 1.20. The van der Waals surface area contributed by atoms with Crippen molar-refractivity contribution < 1.29 is 43.9 Å². The Bertz CT molecular complexity index is 327. The summed E-state index contributed by atoms with van der Waals surface area (Å²) in [6.45, 7) is -0.424. The highest BCUT2D eigenvalue weighted by Crippen LogP contribution is 2.56. The molecular weight excluding hydrogens is 300 g/mol. The number of nitrogens with zero attached hydrogens (tertiary/aromatic N) is 1. The van der Waals surface area contributed by atoms with Gasteiger partial charge in [-0.2, -0.15) is 43.9 Å². The molecule has 0 saturated carbocycles. The van der Waals surface area contributed by atoms with Crippen LogP contribution in [-0.4, -0.2) is 48.7 Å². The zero-order chi connectivity index (χ0) is 16.1. The summed E-state index contributed by atoms with van der Waals surface area (Å²) in [7, 11) is 0.654. The molecule has 116 valence electrons. The van der Waals surface area contributed by atoms with Crippen LogP contribution >= 0.6 is 0 Å². The lowest BCUT2D eigenvalue weighted by Crippen LogP contribution is -2.73. The Hall–Kier alpha value is -0.740. The maximum atomic E-state index is 13.3. The average Bonchev–Trinajstić information content (AvgIpc) is 2.11. The molecule has 0 aromatic heterocycles. The summed E-state index contributed by atoms with van der Waals surface area (Å²) in [5.74, 6) is -13.3. The summed E-state index contributed by atoms with van der Waals surface area (Å²) in [6, 6.07) is 0. The highest BCUT2D eigenvalue weighted by atomic mass is 19.4. The van der Waals surface area contributed by atoms with Gasteiger partial charge in [0.25, 0.3) is 0 Å². The minimum absolute atomic E-state index is 0.327. The molecule has 1 nitrogen and oxygen atoms in total. The molecule has 0 N–H and O–H groups in total. The van der Waals surface area contributed by atoms with E-state index >= 15 is 0 Å². The van der Waals surface area contributed by atoms with Gasteiger partial charge in [-0.05, 0) is 21.0 Å². The fraction of sp³-hybridized carbons (Fsp3) is 1.00. The molecule has 11 heteroatoms. The molecule has 0 aliphatic carbocycles. The van der Waals surface area contributed by atoms with E-state index in [0.717, 1.165) is 0 Å². The zero-order valence-electron chi connectivity index (χ0n) is 9.73. The molecule has 19 heavy (non-hydrogen) atoms. The average molecular weight is 309 g/mol. The van der Waals surface area contributed by atoms with E-state index < -0.39 is 41.6 Å². The fourth-order valence-electron chi connectivity index (χ4n) is 1.20. The minimum Gasteiger partial charge on any atom is -0.291 e. The van der Waals surface area contributed by atoms with Crippen molar-refractivity contribution in [3.05, 3.63) is 0 Å². The van der Waals surface area contributed by atoms with Crippen LogP contribution < -0.4 is 0 Å². The monoisotopic (exact) mass is 309 g/mol. The number of hydrogen-bond donors (Lipinski definition) is 0. The molecule has 0 aliphatic heterocycles. The van der Waals surface area contributed by atoms with E-state index in [2.05, 4.69) is 0 Å². The molecule has 0 aromatic rings. The third-order valence-electron chi connectivity index (χ3n) is 2.81. The number of rotatable bonds is 3. The lowest BCUT2D eigenvalue weighted by molar-refractivity contribution is -0.404. The van der Waals surface area contributed by atoms with Gasteiger partial charge in [0.15, 0.2) is 5.54 Å². The van der Waals surface area contributed by atoms with Crippen LogP contribution in [0.3, 0.4) is 0 Å². The van der Waals surface area contributed by atoms with Gasteiger partial charge in [0.2, 0.25) is 0 Å². The van der Waals surface area contributed by atoms with Crippen molar-refractivity contribution in [2.45, 2.75) is 36.7 Å². The van der Waals surface area contributed by atoms with Crippen LogP contribution in [-0.2, 0) is 0 Å². The van der Waals surface area contributed by atoms with Gasteiger partial charge >= 0.3 is 24.2 Å². The van der Waals surface area contributed by atoms with Gasteiger partial charge in [0.05, 0.1) is 0 Å². The summed E-state index contributed by atoms with van der Waals surface area (Å²) in [4.78, 5) is -0.424. The van der Waals surface area contributed by atoms with Crippen molar-refractivity contribution in [2.24, 2.45) is 0 Å². The van der Waals surface area contributed by atoms with Gasteiger partial charge in [0.1, 0.15) is 0 Å². The predicted molar refractivity (Wildman–Crippen MR) is 44.1 cm³/mol. The van der Waals surface area contributed by atoms with Crippen molar-refractivity contribution in [3.8, 4) is 0 Å². The van der Waals surface area contributed by atoms with E-state index in [4.69, 9.17) is 0 Å². The Morgan fingerprint density at radius 3 is 1.05 bits per heavy atom. The van der Waals surface area contributed by atoms with E-state index in [1.54, 1.807) is 0 Å². The van der Waals surface area contributed by atoms with Crippen LogP contribution in [0.5, 0.6) is 0 Å². The van der Waals surface area contributed by atoms with Gasteiger partial charge in [-0.15, -0.1) is 0 Å². The van der Waals surface area contributed by atoms with Crippen molar-refractivity contribution in [1.82, 2.24) is 4.90 Å². The summed E-state index contributed by atoms with van der Waals surface area (Å²) < 4.78 is 125. The van der Waals surface area contributed by atoms with Crippen LogP contribution in [0, 0.1) is 0 Å². The molecule has 0 bridgehead atoms. The predicted octanol–water partition coefficient (Wildman–Crippen LogP) is 3.70. The smallest absolute Gasteiger partial charge is 0.291 e. The van der Waals surface area contributed by atoms with Crippen molar-refractivity contribution in [1.29, 1.82) is 0 Å². The van der Waals surface area contributed by atoms with E-state index in [1.807, 2.05) is 0 Å². The molecule has 0 aromatic carbocycles. The van der Waals surface area contributed by atoms with Crippen molar-refractivity contribution >= 4 is 0 Å². The SMILES string of the molecule is CN(C)C(C)(C(F)(F)F)C(F)(F)C(F)(F)C(F)(F)F. The van der Waals surface area contributed by atoms with Crippen LogP contribution in [0.25, 0.3) is 0 Å². The third-order valence-corrected chi connectivity index (χ3v) is 2.81. The standard InChI is InChI=1S/C8H9F10N/c1-4(19(2)3,7(13,14)15)5(9,10)6(11,12)8(16,17)18/h1-3H3. The first kappa shape index (κ1) is 18.3. The second-order valence-electron chi connectivity index (χ2n) is 4.11. The van der Waals surface area contributed by atoms with Crippen LogP contribution in [0.1, 0.15) is 6.92 Å². The van der Waals surface area contributed by atoms with E-state index in [1.165, 1.54) is 0 Å². The van der Waals surface area contributed by atoms with Gasteiger partial charge in [0, 0.05) is 0 Å². The van der Waals surface area contributed by atoms with Crippen molar-refractivity contribution in [2.75, 3.05) is 14.1 Å². The van der Waals surface area contributed by atoms with Crippen LogP contribution in [0.15, 0.2) is 0 Å². The largest absolute Gasteiger partial charge is 0.459 e. The molecule has 0 saturated heterocycles. The van der Waals surface area contributed by atoms with E-state index in [9.17, 15) is 43.9 Å². The Labute approximate surface area is 101 Å². The first-order valence-corrected chi connectivity index (χ1v) is 4.51. The number of alkyl halides is 10. The topological polar surface area (TPSA) is 3.24 Å². The molecule has 0 fully saturated rings. The second-order valence-corrected chi connectivity index (χ2v) is 4.11. The van der Waals surface area contributed by atoms with E-state index in [0.29, 0.717) is 14.1 Å². The number of halogens is 10. The molecule has 0 heterocycles. The van der Waals surface area contributed by atoms with Gasteiger partial charge < -0.3 is 0 Å². The van der Waals surface area contributed by atoms with Crippen LogP contribution in [0.4, 0.5) is 43.9 Å². The Kier molecular flexibility index (Phi) is 4.21. The summed E-state index contributed by atoms with van der Waals surface area (Å²) in [5.41, 5.74) is -4.70. The summed E-state index contributed by atoms with van der Waals surface area (Å²) in [5, 5.41) is 0.